The highest BCUT2D eigenvalue weighted by molar-refractivity contribution is 7.98. The van der Waals surface area contributed by atoms with E-state index in [1.165, 1.54) is 18.7 Å². The predicted octanol–water partition coefficient (Wildman–Crippen LogP) is 3.45. The molecule has 0 fully saturated rings. The zero-order valence-electron chi connectivity index (χ0n) is 16.1. The fraction of sp³-hybridized carbons (Fsp3) is 0.421. The van der Waals surface area contributed by atoms with Crippen LogP contribution in [0, 0.1) is 17.5 Å². The molecule has 1 atom stereocenters. The molecule has 0 spiro atoms. The molecule has 2 rings (SSSR count). The number of nitrogens with zero attached hydrogens (tertiary/aromatic N) is 1. The van der Waals surface area contributed by atoms with Crippen LogP contribution in [0.3, 0.4) is 0 Å². The highest BCUT2D eigenvalue weighted by Crippen LogP contribution is 2.27. The van der Waals surface area contributed by atoms with E-state index in [1.807, 2.05) is 0 Å². The van der Waals surface area contributed by atoms with Crippen molar-refractivity contribution in [2.24, 2.45) is 0 Å². The Labute approximate surface area is 169 Å². The van der Waals surface area contributed by atoms with Gasteiger partial charge in [-0.25, -0.2) is 22.8 Å². The van der Waals surface area contributed by atoms with Gasteiger partial charge in [0.15, 0.2) is 17.5 Å². The Kier molecular flexibility index (Phi) is 7.72. The monoisotopic (exact) mass is 431 g/mol. The summed E-state index contributed by atoms with van der Waals surface area (Å²) in [6.45, 7) is 3.08. The van der Waals surface area contributed by atoms with Gasteiger partial charge in [0.05, 0.1) is 24.1 Å². The zero-order chi connectivity index (χ0) is 21.7. The molecular weight excluding hydrogens is 411 g/mol. The normalized spacial score (nSPS) is 12.1. The van der Waals surface area contributed by atoms with Crippen LogP contribution in [0.25, 0.3) is 10.9 Å². The number of rotatable bonds is 8. The smallest absolute Gasteiger partial charge is 0.343 e. The summed E-state index contributed by atoms with van der Waals surface area (Å²) < 4.78 is 53.2. The molecule has 1 aromatic heterocycles. The first-order chi connectivity index (χ1) is 13.8. The van der Waals surface area contributed by atoms with E-state index in [2.05, 4.69) is 0 Å². The van der Waals surface area contributed by atoms with Gasteiger partial charge in [-0.2, -0.15) is 11.8 Å². The number of halogens is 3. The first-order valence-corrected chi connectivity index (χ1v) is 10.2. The molecule has 10 heteroatoms. The molecule has 0 radical (unpaired) electrons. The third-order valence-electron chi connectivity index (χ3n) is 4.14. The Morgan fingerprint density at radius 2 is 1.79 bits per heavy atom. The van der Waals surface area contributed by atoms with Crippen LogP contribution in [-0.2, 0) is 14.3 Å². The van der Waals surface area contributed by atoms with Gasteiger partial charge in [-0.1, -0.05) is 0 Å². The maximum absolute atomic E-state index is 14.7. The minimum atomic E-state index is -1.79. The van der Waals surface area contributed by atoms with E-state index in [-0.39, 0.29) is 19.6 Å². The summed E-state index contributed by atoms with van der Waals surface area (Å²) in [7, 11) is 0. The molecule has 0 bridgehead atoms. The van der Waals surface area contributed by atoms with E-state index in [0.717, 1.165) is 10.8 Å². The summed E-state index contributed by atoms with van der Waals surface area (Å²) in [6, 6.07) is -0.662. The van der Waals surface area contributed by atoms with Gasteiger partial charge in [-0.15, -0.1) is 0 Å². The van der Waals surface area contributed by atoms with E-state index in [0.29, 0.717) is 11.8 Å². The second kappa shape index (κ2) is 9.82. The number of ether oxygens (including phenoxy) is 2. The third kappa shape index (κ3) is 4.58. The van der Waals surface area contributed by atoms with Crippen molar-refractivity contribution in [3.05, 3.63) is 45.5 Å². The highest BCUT2D eigenvalue weighted by atomic mass is 32.2. The average Bonchev–Trinajstić information content (AvgIpc) is 2.68. The van der Waals surface area contributed by atoms with Crippen LogP contribution in [0.2, 0.25) is 0 Å². The SMILES string of the molecule is CCOC(=O)c1cn(C(CCSC)C(=O)OCC)c2c(F)c(F)c(F)cc2c1=O. The molecule has 0 amide bonds. The molecule has 0 N–H and O–H groups in total. The summed E-state index contributed by atoms with van der Waals surface area (Å²) in [5.41, 5.74) is -2.18. The number of pyridine rings is 1. The largest absolute Gasteiger partial charge is 0.464 e. The van der Waals surface area contributed by atoms with Gasteiger partial charge in [-0.3, -0.25) is 4.79 Å². The maximum atomic E-state index is 14.7. The first-order valence-electron chi connectivity index (χ1n) is 8.83. The summed E-state index contributed by atoms with van der Waals surface area (Å²) in [6.07, 6.45) is 2.86. The lowest BCUT2D eigenvalue weighted by molar-refractivity contribution is -0.147. The summed E-state index contributed by atoms with van der Waals surface area (Å²) in [5, 5.41) is -0.578. The Balaban J connectivity index is 2.90. The molecular formula is C19H20F3NO5S. The molecule has 6 nitrogen and oxygen atoms in total. The van der Waals surface area contributed by atoms with Gasteiger partial charge >= 0.3 is 11.9 Å². The fourth-order valence-electron chi connectivity index (χ4n) is 2.86. The van der Waals surface area contributed by atoms with E-state index < -0.39 is 57.3 Å². The molecule has 1 heterocycles. The Morgan fingerprint density at radius 3 is 2.38 bits per heavy atom. The van der Waals surface area contributed by atoms with E-state index in [9.17, 15) is 27.6 Å². The standard InChI is InChI=1S/C19H20F3NO5S/c1-4-27-18(25)11-9-23(13(6-7-29-3)19(26)28-5-2)16-10(17(11)24)8-12(20)14(21)15(16)22/h8-9,13H,4-7H2,1-3H3. The van der Waals surface area contributed by atoms with Crippen LogP contribution in [0.15, 0.2) is 17.1 Å². The van der Waals surface area contributed by atoms with Crippen molar-refractivity contribution in [1.82, 2.24) is 4.57 Å². The lowest BCUT2D eigenvalue weighted by Crippen LogP contribution is -2.28. The lowest BCUT2D eigenvalue weighted by atomic mass is 10.1. The number of fused-ring (bicyclic) bond motifs is 1. The van der Waals surface area contributed by atoms with Crippen molar-refractivity contribution in [3.63, 3.8) is 0 Å². The van der Waals surface area contributed by atoms with Crippen molar-refractivity contribution in [3.8, 4) is 0 Å². The Morgan fingerprint density at radius 1 is 1.14 bits per heavy atom. The molecule has 0 aliphatic heterocycles. The number of thioether (sulfide) groups is 1. The second-order valence-electron chi connectivity index (χ2n) is 5.93. The van der Waals surface area contributed by atoms with Crippen LogP contribution >= 0.6 is 11.8 Å². The minimum Gasteiger partial charge on any atom is -0.464 e. The molecule has 0 saturated heterocycles. The Bertz CT molecular complexity index is 992. The van der Waals surface area contributed by atoms with E-state index in [1.54, 1.807) is 13.2 Å². The lowest BCUT2D eigenvalue weighted by Gasteiger charge is -2.22. The van der Waals surface area contributed by atoms with Crippen molar-refractivity contribution < 1.29 is 32.2 Å². The van der Waals surface area contributed by atoms with Crippen LogP contribution in [0.1, 0.15) is 36.7 Å². The van der Waals surface area contributed by atoms with Crippen molar-refractivity contribution >= 4 is 34.6 Å². The van der Waals surface area contributed by atoms with Gasteiger partial charge in [0, 0.05) is 6.20 Å². The average molecular weight is 431 g/mol. The topological polar surface area (TPSA) is 74.6 Å². The third-order valence-corrected chi connectivity index (χ3v) is 4.78. The van der Waals surface area contributed by atoms with Gasteiger partial charge in [0.2, 0.25) is 5.43 Å². The fourth-order valence-corrected chi connectivity index (χ4v) is 3.32. The maximum Gasteiger partial charge on any atom is 0.343 e. The molecule has 29 heavy (non-hydrogen) atoms. The van der Waals surface area contributed by atoms with Gasteiger partial charge in [0.1, 0.15) is 11.6 Å². The number of carbonyl (C=O) groups excluding carboxylic acids is 2. The van der Waals surface area contributed by atoms with Crippen LogP contribution in [0.4, 0.5) is 13.2 Å². The van der Waals surface area contributed by atoms with Crippen LogP contribution < -0.4 is 5.43 Å². The molecule has 1 aromatic carbocycles. The molecule has 0 aliphatic carbocycles. The quantitative estimate of drug-likeness (QED) is 0.471. The first kappa shape index (κ1) is 22.8. The van der Waals surface area contributed by atoms with E-state index in [4.69, 9.17) is 9.47 Å². The van der Waals surface area contributed by atoms with Crippen molar-refractivity contribution in [2.45, 2.75) is 26.3 Å². The second-order valence-corrected chi connectivity index (χ2v) is 6.92. The summed E-state index contributed by atoms with van der Waals surface area (Å²) in [5.74, 6) is -6.35. The number of hydrogen-bond donors (Lipinski definition) is 0. The van der Waals surface area contributed by atoms with Gasteiger partial charge in [0.25, 0.3) is 0 Å². The molecule has 158 valence electrons. The number of benzene rings is 1. The van der Waals surface area contributed by atoms with Crippen LogP contribution in [-0.4, -0.2) is 41.7 Å². The number of esters is 2. The van der Waals surface area contributed by atoms with E-state index >= 15 is 0 Å². The number of hydrogen-bond acceptors (Lipinski definition) is 6. The molecule has 2 aromatic rings. The Hall–Kier alpha value is -2.49. The predicted molar refractivity (Wildman–Crippen MR) is 103 cm³/mol. The number of aromatic nitrogens is 1. The summed E-state index contributed by atoms with van der Waals surface area (Å²) >= 11 is 1.39. The van der Waals surface area contributed by atoms with Crippen molar-refractivity contribution in [1.29, 1.82) is 0 Å². The minimum absolute atomic E-state index is 0.0307. The van der Waals surface area contributed by atoms with Crippen LogP contribution in [0.5, 0.6) is 0 Å². The van der Waals surface area contributed by atoms with Gasteiger partial charge < -0.3 is 14.0 Å². The zero-order valence-corrected chi connectivity index (χ0v) is 16.9. The van der Waals surface area contributed by atoms with Gasteiger partial charge in [-0.05, 0) is 38.3 Å². The number of carbonyl (C=O) groups is 2. The molecule has 0 saturated carbocycles. The molecule has 0 aliphatic rings. The highest BCUT2D eigenvalue weighted by Gasteiger charge is 2.29. The van der Waals surface area contributed by atoms with Crippen molar-refractivity contribution in [2.75, 3.05) is 25.2 Å². The molecule has 1 unspecified atom stereocenters. The summed E-state index contributed by atoms with van der Waals surface area (Å²) in [4.78, 5) is 37.4.